The molecule has 106 valence electrons. The SMILES string of the molecule is Cc1ccc(O)c(NC(=O)c2cn3cc(F)ccc3n2)c1. The molecule has 2 heterocycles. The molecule has 1 aromatic carbocycles. The summed E-state index contributed by atoms with van der Waals surface area (Å²) in [5, 5.41) is 12.3. The van der Waals surface area contributed by atoms with E-state index in [1.807, 2.05) is 6.92 Å². The molecule has 1 amide bonds. The van der Waals surface area contributed by atoms with Crippen molar-refractivity contribution in [3.8, 4) is 5.75 Å². The Bertz CT molecular complexity index is 842. The van der Waals surface area contributed by atoms with Crippen molar-refractivity contribution in [1.82, 2.24) is 9.38 Å². The summed E-state index contributed by atoms with van der Waals surface area (Å²) in [6.07, 6.45) is 2.67. The van der Waals surface area contributed by atoms with E-state index in [0.29, 0.717) is 11.3 Å². The summed E-state index contributed by atoms with van der Waals surface area (Å²) in [4.78, 5) is 16.2. The lowest BCUT2D eigenvalue weighted by Crippen LogP contribution is -2.12. The minimum Gasteiger partial charge on any atom is -0.506 e. The number of amides is 1. The van der Waals surface area contributed by atoms with Crippen LogP contribution in [0.5, 0.6) is 5.75 Å². The van der Waals surface area contributed by atoms with Crippen LogP contribution in [0.25, 0.3) is 5.65 Å². The monoisotopic (exact) mass is 285 g/mol. The third-order valence-electron chi connectivity index (χ3n) is 3.05. The molecule has 0 fully saturated rings. The van der Waals surface area contributed by atoms with Gasteiger partial charge < -0.3 is 14.8 Å². The first-order valence-corrected chi connectivity index (χ1v) is 6.28. The zero-order chi connectivity index (χ0) is 15.0. The predicted molar refractivity (Wildman–Crippen MR) is 75.9 cm³/mol. The van der Waals surface area contributed by atoms with Crippen LogP contribution in [0.3, 0.4) is 0 Å². The Morgan fingerprint density at radius 1 is 1.29 bits per heavy atom. The Labute approximate surface area is 119 Å². The topological polar surface area (TPSA) is 66.6 Å². The first-order valence-electron chi connectivity index (χ1n) is 6.28. The van der Waals surface area contributed by atoms with E-state index in [1.165, 1.54) is 35.0 Å². The molecule has 3 aromatic rings. The van der Waals surface area contributed by atoms with Gasteiger partial charge in [0.2, 0.25) is 0 Å². The first-order chi connectivity index (χ1) is 10.0. The second kappa shape index (κ2) is 4.90. The second-order valence-corrected chi connectivity index (χ2v) is 4.71. The van der Waals surface area contributed by atoms with Crippen LogP contribution < -0.4 is 5.32 Å². The molecule has 5 nitrogen and oxygen atoms in total. The number of aromatic hydroxyl groups is 1. The molecule has 0 spiro atoms. The average molecular weight is 285 g/mol. The van der Waals surface area contributed by atoms with E-state index in [2.05, 4.69) is 10.3 Å². The number of aromatic nitrogens is 2. The molecule has 21 heavy (non-hydrogen) atoms. The van der Waals surface area contributed by atoms with Crippen LogP contribution in [0.1, 0.15) is 16.1 Å². The van der Waals surface area contributed by atoms with E-state index >= 15 is 0 Å². The summed E-state index contributed by atoms with van der Waals surface area (Å²) in [5.74, 6) is -0.910. The lowest BCUT2D eigenvalue weighted by Gasteiger charge is -2.06. The van der Waals surface area contributed by atoms with Crippen molar-refractivity contribution in [2.24, 2.45) is 0 Å². The second-order valence-electron chi connectivity index (χ2n) is 4.71. The molecular formula is C15H12FN3O2. The molecule has 0 aliphatic carbocycles. The van der Waals surface area contributed by atoms with E-state index in [4.69, 9.17) is 0 Å². The highest BCUT2D eigenvalue weighted by Gasteiger charge is 2.13. The van der Waals surface area contributed by atoms with Crippen molar-refractivity contribution in [2.75, 3.05) is 5.32 Å². The van der Waals surface area contributed by atoms with E-state index in [1.54, 1.807) is 12.1 Å². The van der Waals surface area contributed by atoms with Crippen LogP contribution in [0, 0.1) is 12.7 Å². The minimum atomic E-state index is -0.472. The van der Waals surface area contributed by atoms with Crippen LogP contribution >= 0.6 is 0 Å². The highest BCUT2D eigenvalue weighted by atomic mass is 19.1. The average Bonchev–Trinajstić information content (AvgIpc) is 2.86. The van der Waals surface area contributed by atoms with Gasteiger partial charge in [0.25, 0.3) is 5.91 Å². The molecular weight excluding hydrogens is 273 g/mol. The Balaban J connectivity index is 1.91. The highest BCUT2D eigenvalue weighted by Crippen LogP contribution is 2.24. The number of aryl methyl sites for hydroxylation is 1. The Morgan fingerprint density at radius 3 is 2.90 bits per heavy atom. The van der Waals surface area contributed by atoms with E-state index in [9.17, 15) is 14.3 Å². The fraction of sp³-hybridized carbons (Fsp3) is 0.0667. The molecule has 0 unspecified atom stereocenters. The third kappa shape index (κ3) is 2.55. The Morgan fingerprint density at radius 2 is 2.10 bits per heavy atom. The number of anilines is 1. The molecule has 3 rings (SSSR count). The number of fused-ring (bicyclic) bond motifs is 1. The number of rotatable bonds is 2. The number of nitrogens with zero attached hydrogens (tertiary/aromatic N) is 2. The number of halogens is 1. The number of phenolic OH excluding ortho intramolecular Hbond substituents is 1. The van der Waals surface area contributed by atoms with Crippen molar-refractivity contribution in [3.05, 3.63) is 59.8 Å². The molecule has 0 saturated heterocycles. The summed E-state index contributed by atoms with van der Waals surface area (Å²) in [6.45, 7) is 1.85. The van der Waals surface area contributed by atoms with Crippen molar-refractivity contribution in [2.45, 2.75) is 6.92 Å². The van der Waals surface area contributed by atoms with Crippen molar-refractivity contribution in [1.29, 1.82) is 0 Å². The highest BCUT2D eigenvalue weighted by molar-refractivity contribution is 6.04. The van der Waals surface area contributed by atoms with E-state index < -0.39 is 11.7 Å². The lowest BCUT2D eigenvalue weighted by molar-refractivity contribution is 0.102. The lowest BCUT2D eigenvalue weighted by atomic mass is 10.2. The maximum atomic E-state index is 13.1. The van der Waals surface area contributed by atoms with Crippen LogP contribution in [0.2, 0.25) is 0 Å². The number of hydrogen-bond acceptors (Lipinski definition) is 3. The van der Waals surface area contributed by atoms with Crippen molar-refractivity contribution >= 4 is 17.2 Å². The van der Waals surface area contributed by atoms with E-state index in [-0.39, 0.29) is 11.4 Å². The van der Waals surface area contributed by atoms with Crippen LogP contribution in [0.4, 0.5) is 10.1 Å². The van der Waals surface area contributed by atoms with Gasteiger partial charge in [-0.2, -0.15) is 0 Å². The normalized spacial score (nSPS) is 10.8. The quantitative estimate of drug-likeness (QED) is 0.711. The molecule has 6 heteroatoms. The van der Waals surface area contributed by atoms with Gasteiger partial charge in [-0.3, -0.25) is 4.79 Å². The number of nitrogens with one attached hydrogen (secondary N) is 1. The fourth-order valence-corrected chi connectivity index (χ4v) is 2.01. The predicted octanol–water partition coefficient (Wildman–Crippen LogP) is 2.74. The number of benzene rings is 1. The van der Waals surface area contributed by atoms with Crippen LogP contribution in [-0.4, -0.2) is 20.4 Å². The minimum absolute atomic E-state index is 0.0243. The third-order valence-corrected chi connectivity index (χ3v) is 3.05. The number of hydrogen-bond donors (Lipinski definition) is 2. The molecule has 0 saturated carbocycles. The maximum absolute atomic E-state index is 13.1. The van der Waals surface area contributed by atoms with Gasteiger partial charge >= 0.3 is 0 Å². The molecule has 0 aliphatic rings. The zero-order valence-corrected chi connectivity index (χ0v) is 11.2. The Kier molecular flexibility index (Phi) is 3.06. The molecule has 0 radical (unpaired) electrons. The summed E-state index contributed by atoms with van der Waals surface area (Å²) in [7, 11) is 0. The fourth-order valence-electron chi connectivity index (χ4n) is 2.01. The standard InChI is InChI=1S/C15H12FN3O2/c1-9-2-4-13(20)11(6-9)18-15(21)12-8-19-7-10(16)3-5-14(19)17-12/h2-8,20H,1H3,(H,18,21). The number of carbonyl (C=O) groups excluding carboxylic acids is 1. The van der Waals surface area contributed by atoms with Gasteiger partial charge in [-0.15, -0.1) is 0 Å². The van der Waals surface area contributed by atoms with Gasteiger partial charge in [-0.25, -0.2) is 9.37 Å². The van der Waals surface area contributed by atoms with Crippen LogP contribution in [0.15, 0.2) is 42.7 Å². The van der Waals surface area contributed by atoms with Crippen molar-refractivity contribution in [3.63, 3.8) is 0 Å². The van der Waals surface area contributed by atoms with Crippen molar-refractivity contribution < 1.29 is 14.3 Å². The van der Waals surface area contributed by atoms with Gasteiger partial charge in [0.1, 0.15) is 22.9 Å². The zero-order valence-electron chi connectivity index (χ0n) is 11.2. The molecule has 0 aliphatic heterocycles. The molecule has 0 bridgehead atoms. The number of carbonyl (C=O) groups is 1. The van der Waals surface area contributed by atoms with Gasteiger partial charge in [-0.1, -0.05) is 6.07 Å². The van der Waals surface area contributed by atoms with Crippen LogP contribution in [-0.2, 0) is 0 Å². The summed E-state index contributed by atoms with van der Waals surface area (Å²) < 4.78 is 14.5. The number of phenols is 1. The van der Waals surface area contributed by atoms with E-state index in [0.717, 1.165) is 5.56 Å². The Hall–Kier alpha value is -2.89. The molecule has 0 atom stereocenters. The van der Waals surface area contributed by atoms with Gasteiger partial charge in [0.15, 0.2) is 0 Å². The van der Waals surface area contributed by atoms with Gasteiger partial charge in [-0.05, 0) is 36.8 Å². The number of pyridine rings is 1. The number of imidazole rings is 1. The summed E-state index contributed by atoms with van der Waals surface area (Å²) in [6, 6.07) is 7.65. The smallest absolute Gasteiger partial charge is 0.275 e. The largest absolute Gasteiger partial charge is 0.506 e. The maximum Gasteiger partial charge on any atom is 0.275 e. The van der Waals surface area contributed by atoms with Gasteiger partial charge in [0, 0.05) is 12.4 Å². The molecule has 2 N–H and O–H groups in total. The first kappa shape index (κ1) is 13.1. The molecule has 2 aromatic heterocycles. The summed E-state index contributed by atoms with van der Waals surface area (Å²) in [5.41, 5.74) is 1.82. The van der Waals surface area contributed by atoms with Gasteiger partial charge in [0.05, 0.1) is 5.69 Å². The summed E-state index contributed by atoms with van der Waals surface area (Å²) >= 11 is 0.